The van der Waals surface area contributed by atoms with Gasteiger partial charge in [0.25, 0.3) is 0 Å². The van der Waals surface area contributed by atoms with E-state index in [0.717, 1.165) is 25.0 Å². The van der Waals surface area contributed by atoms with Gasteiger partial charge in [-0.3, -0.25) is 4.79 Å². The monoisotopic (exact) mass is 248 g/mol. The topological polar surface area (TPSA) is 64.4 Å². The first kappa shape index (κ1) is 12.9. The number of carbonyl (C=O) groups is 1. The minimum atomic E-state index is 0.0702. The van der Waals surface area contributed by atoms with Crippen molar-refractivity contribution in [2.45, 2.75) is 31.8 Å². The molecule has 2 rings (SSSR count). The molecule has 98 valence electrons. The second kappa shape index (κ2) is 6.40. The average Bonchev–Trinajstić information content (AvgIpc) is 2.79. The summed E-state index contributed by atoms with van der Waals surface area (Å²) in [6.45, 7) is 1.23. The second-order valence-corrected chi connectivity index (χ2v) is 4.60. The number of unbranched alkanes of at least 4 members (excludes halogenated alkanes) is 1. The molecule has 0 spiro atoms. The molecule has 1 heterocycles. The van der Waals surface area contributed by atoms with Gasteiger partial charge in [-0.1, -0.05) is 18.2 Å². The van der Waals surface area contributed by atoms with E-state index in [1.165, 1.54) is 5.56 Å². The number of benzene rings is 1. The maximum atomic E-state index is 11.5. The Kier molecular flexibility index (Phi) is 4.59. The maximum absolute atomic E-state index is 11.5. The minimum absolute atomic E-state index is 0.0702. The number of carbonyl (C=O) groups excluding carboxylic acids is 1. The van der Waals surface area contributed by atoms with Crippen LogP contribution in [0.15, 0.2) is 24.3 Å². The number of hydrogen-bond donors (Lipinski definition) is 2. The van der Waals surface area contributed by atoms with E-state index in [-0.39, 0.29) is 12.0 Å². The number of fused-ring (bicyclic) bond motifs is 1. The zero-order chi connectivity index (χ0) is 12.8. The Morgan fingerprint density at radius 1 is 1.39 bits per heavy atom. The largest absolute Gasteiger partial charge is 0.488 e. The summed E-state index contributed by atoms with van der Waals surface area (Å²) in [4.78, 5) is 11.5. The van der Waals surface area contributed by atoms with Gasteiger partial charge in [-0.05, 0) is 31.0 Å². The third-order valence-electron chi connectivity index (χ3n) is 3.10. The van der Waals surface area contributed by atoms with Crippen molar-refractivity contribution in [3.63, 3.8) is 0 Å². The van der Waals surface area contributed by atoms with E-state index >= 15 is 0 Å². The van der Waals surface area contributed by atoms with Gasteiger partial charge in [-0.25, -0.2) is 0 Å². The van der Waals surface area contributed by atoms with E-state index in [0.29, 0.717) is 19.5 Å². The number of hydrogen-bond acceptors (Lipinski definition) is 3. The minimum Gasteiger partial charge on any atom is -0.488 e. The van der Waals surface area contributed by atoms with Crippen LogP contribution in [-0.4, -0.2) is 25.1 Å². The summed E-state index contributed by atoms with van der Waals surface area (Å²) in [5.41, 5.74) is 6.61. The first-order chi connectivity index (χ1) is 8.79. The molecule has 0 radical (unpaired) electrons. The third-order valence-corrected chi connectivity index (χ3v) is 3.10. The Morgan fingerprint density at radius 3 is 3.00 bits per heavy atom. The fourth-order valence-corrected chi connectivity index (χ4v) is 2.11. The maximum Gasteiger partial charge on any atom is 0.220 e. The van der Waals surface area contributed by atoms with Crippen molar-refractivity contribution in [3.8, 4) is 5.75 Å². The molecule has 1 aromatic rings. The highest BCUT2D eigenvalue weighted by Gasteiger charge is 2.22. The Balaban J connectivity index is 1.69. The summed E-state index contributed by atoms with van der Waals surface area (Å²) < 4.78 is 5.75. The average molecular weight is 248 g/mol. The van der Waals surface area contributed by atoms with Crippen LogP contribution in [0.2, 0.25) is 0 Å². The van der Waals surface area contributed by atoms with Crippen molar-refractivity contribution in [1.82, 2.24) is 5.32 Å². The lowest BCUT2D eigenvalue weighted by Crippen LogP contribution is -2.34. The lowest BCUT2D eigenvalue weighted by atomic mass is 10.1. The molecule has 1 aliphatic heterocycles. The first-order valence-corrected chi connectivity index (χ1v) is 6.51. The molecular formula is C14H20N2O2. The van der Waals surface area contributed by atoms with E-state index in [4.69, 9.17) is 10.5 Å². The van der Waals surface area contributed by atoms with E-state index in [1.807, 2.05) is 18.2 Å². The van der Waals surface area contributed by atoms with Crippen LogP contribution >= 0.6 is 0 Å². The number of nitrogens with two attached hydrogens (primary N) is 1. The van der Waals surface area contributed by atoms with Crippen LogP contribution in [0.5, 0.6) is 5.75 Å². The van der Waals surface area contributed by atoms with Gasteiger partial charge in [0.1, 0.15) is 11.9 Å². The Labute approximate surface area is 108 Å². The second-order valence-electron chi connectivity index (χ2n) is 4.60. The number of rotatable bonds is 6. The predicted octanol–water partition coefficient (Wildman–Crippen LogP) is 1.24. The molecule has 18 heavy (non-hydrogen) atoms. The summed E-state index contributed by atoms with van der Waals surface area (Å²) in [7, 11) is 0. The fraction of sp³-hybridized carbons (Fsp3) is 0.500. The molecule has 0 saturated carbocycles. The molecule has 0 aromatic heterocycles. The van der Waals surface area contributed by atoms with Gasteiger partial charge < -0.3 is 15.8 Å². The standard InChI is InChI=1S/C14H20N2O2/c15-8-4-3-7-14(17)16-10-12-9-11-5-1-2-6-13(11)18-12/h1-2,5-6,12H,3-4,7-10,15H2,(H,16,17). The normalized spacial score (nSPS) is 17.1. The Morgan fingerprint density at radius 2 is 2.22 bits per heavy atom. The van der Waals surface area contributed by atoms with E-state index < -0.39 is 0 Å². The summed E-state index contributed by atoms with van der Waals surface area (Å²) in [6, 6.07) is 8.01. The summed E-state index contributed by atoms with van der Waals surface area (Å²) >= 11 is 0. The molecule has 1 unspecified atom stereocenters. The molecule has 3 N–H and O–H groups in total. The molecule has 1 aliphatic rings. The van der Waals surface area contributed by atoms with Crippen molar-refractivity contribution < 1.29 is 9.53 Å². The van der Waals surface area contributed by atoms with Gasteiger partial charge in [0.05, 0.1) is 6.54 Å². The van der Waals surface area contributed by atoms with Gasteiger partial charge in [-0.2, -0.15) is 0 Å². The molecule has 0 fully saturated rings. The van der Waals surface area contributed by atoms with Gasteiger partial charge in [-0.15, -0.1) is 0 Å². The van der Waals surface area contributed by atoms with E-state index in [9.17, 15) is 4.79 Å². The Bertz CT molecular complexity index is 382. The molecule has 0 saturated heterocycles. The number of amides is 1. The summed E-state index contributed by atoms with van der Waals surface area (Å²) in [5, 5.41) is 2.91. The highest BCUT2D eigenvalue weighted by atomic mass is 16.5. The Hall–Kier alpha value is -1.55. The molecule has 1 amide bonds. The summed E-state index contributed by atoms with van der Waals surface area (Å²) in [5.74, 6) is 1.03. The van der Waals surface area contributed by atoms with Crippen LogP contribution in [0.4, 0.5) is 0 Å². The molecule has 0 aliphatic carbocycles. The van der Waals surface area contributed by atoms with Gasteiger partial charge in [0.15, 0.2) is 0 Å². The highest BCUT2D eigenvalue weighted by Crippen LogP contribution is 2.27. The molecule has 1 atom stereocenters. The smallest absolute Gasteiger partial charge is 0.220 e. The van der Waals surface area contributed by atoms with Crippen molar-refractivity contribution in [2.24, 2.45) is 5.73 Å². The molecule has 1 aromatic carbocycles. The SMILES string of the molecule is NCCCCC(=O)NCC1Cc2ccccc2O1. The zero-order valence-electron chi connectivity index (χ0n) is 10.5. The van der Waals surface area contributed by atoms with Crippen LogP contribution in [0.1, 0.15) is 24.8 Å². The van der Waals surface area contributed by atoms with Crippen LogP contribution in [0.25, 0.3) is 0 Å². The third kappa shape index (κ3) is 3.47. The first-order valence-electron chi connectivity index (χ1n) is 6.51. The fourth-order valence-electron chi connectivity index (χ4n) is 2.11. The van der Waals surface area contributed by atoms with Crippen LogP contribution in [0, 0.1) is 0 Å². The van der Waals surface area contributed by atoms with Crippen molar-refractivity contribution in [3.05, 3.63) is 29.8 Å². The summed E-state index contributed by atoms with van der Waals surface area (Å²) in [6.07, 6.45) is 3.25. The molecule has 0 bridgehead atoms. The van der Waals surface area contributed by atoms with Gasteiger partial charge >= 0.3 is 0 Å². The van der Waals surface area contributed by atoms with Crippen molar-refractivity contribution >= 4 is 5.91 Å². The predicted molar refractivity (Wildman–Crippen MR) is 70.5 cm³/mol. The van der Waals surface area contributed by atoms with E-state index in [1.54, 1.807) is 0 Å². The number of para-hydroxylation sites is 1. The van der Waals surface area contributed by atoms with E-state index in [2.05, 4.69) is 11.4 Å². The van der Waals surface area contributed by atoms with Gasteiger partial charge in [0, 0.05) is 12.8 Å². The van der Waals surface area contributed by atoms with Crippen LogP contribution in [-0.2, 0) is 11.2 Å². The lowest BCUT2D eigenvalue weighted by molar-refractivity contribution is -0.121. The number of nitrogens with one attached hydrogen (secondary N) is 1. The molecule has 4 nitrogen and oxygen atoms in total. The van der Waals surface area contributed by atoms with Crippen LogP contribution in [0.3, 0.4) is 0 Å². The van der Waals surface area contributed by atoms with Crippen LogP contribution < -0.4 is 15.8 Å². The lowest BCUT2D eigenvalue weighted by Gasteiger charge is -2.11. The quantitative estimate of drug-likeness (QED) is 0.744. The molecular weight excluding hydrogens is 228 g/mol. The highest BCUT2D eigenvalue weighted by molar-refractivity contribution is 5.75. The van der Waals surface area contributed by atoms with Crippen molar-refractivity contribution in [2.75, 3.05) is 13.1 Å². The van der Waals surface area contributed by atoms with Gasteiger partial charge in [0.2, 0.25) is 5.91 Å². The molecule has 4 heteroatoms. The zero-order valence-corrected chi connectivity index (χ0v) is 10.5. The van der Waals surface area contributed by atoms with Crippen molar-refractivity contribution in [1.29, 1.82) is 0 Å². The number of ether oxygens (including phenoxy) is 1.